The van der Waals surface area contributed by atoms with Gasteiger partial charge < -0.3 is 19.7 Å². The van der Waals surface area contributed by atoms with E-state index in [4.69, 9.17) is 9.47 Å². The summed E-state index contributed by atoms with van der Waals surface area (Å²) in [6, 6.07) is 0. The quantitative estimate of drug-likeness (QED) is 0.660. The number of hydrogen-bond donors (Lipinski definition) is 2. The van der Waals surface area contributed by atoms with Gasteiger partial charge in [0.05, 0.1) is 13.2 Å². The Balaban J connectivity index is 1.80. The van der Waals surface area contributed by atoms with Crippen LogP contribution in [-0.4, -0.2) is 53.4 Å². The molecule has 170 valence electrons. The Morgan fingerprint density at radius 3 is 2.65 bits per heavy atom. The largest absolute Gasteiger partial charge is 0.509 e. The maximum absolute atomic E-state index is 13.1. The first kappa shape index (κ1) is 22.2. The molecule has 31 heavy (non-hydrogen) atoms. The van der Waals surface area contributed by atoms with E-state index < -0.39 is 41.1 Å². The molecule has 0 aromatic carbocycles. The topological polar surface area (TPSA) is 110 Å². The van der Waals surface area contributed by atoms with Crippen molar-refractivity contribution in [2.75, 3.05) is 13.7 Å². The highest BCUT2D eigenvalue weighted by Crippen LogP contribution is 2.69. The second-order valence-electron chi connectivity index (χ2n) is 10.2. The van der Waals surface area contributed by atoms with E-state index in [1.807, 2.05) is 19.9 Å². The van der Waals surface area contributed by atoms with Gasteiger partial charge in [-0.05, 0) is 49.7 Å². The van der Waals surface area contributed by atoms with Gasteiger partial charge >= 0.3 is 6.16 Å². The smallest absolute Gasteiger partial charge is 0.438 e. The Bertz CT molecular complexity index is 875. The van der Waals surface area contributed by atoms with Crippen molar-refractivity contribution in [2.45, 2.75) is 58.2 Å². The fourth-order valence-corrected chi connectivity index (χ4v) is 7.80. The maximum Gasteiger partial charge on any atom is 0.509 e. The number of Topliss-reactive ketones (excluding diaryl/α,β-unsaturated/α-hetero) is 1. The highest BCUT2D eigenvalue weighted by molar-refractivity contribution is 6.01. The monoisotopic (exact) mass is 432 g/mol. The van der Waals surface area contributed by atoms with Crippen LogP contribution in [0.4, 0.5) is 4.79 Å². The molecule has 3 fully saturated rings. The Hall–Kier alpha value is -1.99. The number of methoxy groups -OCH3 is 1. The molecule has 0 aromatic heterocycles. The van der Waals surface area contributed by atoms with Crippen molar-refractivity contribution in [1.82, 2.24) is 0 Å². The summed E-state index contributed by atoms with van der Waals surface area (Å²) in [7, 11) is 1.19. The molecule has 0 spiro atoms. The molecule has 4 aliphatic carbocycles. The third-order valence-electron chi connectivity index (χ3n) is 9.00. The fourth-order valence-electron chi connectivity index (χ4n) is 7.80. The van der Waals surface area contributed by atoms with E-state index in [0.29, 0.717) is 6.42 Å². The lowest BCUT2D eigenvalue weighted by molar-refractivity contribution is -0.188. The van der Waals surface area contributed by atoms with Crippen LogP contribution in [0, 0.1) is 34.5 Å². The normalized spacial score (nSPS) is 45.8. The Kier molecular flexibility index (Phi) is 5.21. The number of aliphatic hydroxyl groups is 2. The van der Waals surface area contributed by atoms with Gasteiger partial charge in [-0.15, -0.1) is 0 Å². The molecule has 0 aromatic rings. The number of ether oxygens (including phenoxy) is 2. The molecule has 0 aliphatic heterocycles. The zero-order valence-electron chi connectivity index (χ0n) is 18.6. The van der Waals surface area contributed by atoms with E-state index in [1.165, 1.54) is 7.11 Å². The number of carbonyl (C=O) groups is 3. The molecule has 7 heteroatoms. The van der Waals surface area contributed by atoms with Crippen molar-refractivity contribution in [3.05, 3.63) is 23.8 Å². The number of aliphatic hydroxyl groups excluding tert-OH is 2. The lowest BCUT2D eigenvalue weighted by atomic mass is 9.46. The molecular weight excluding hydrogens is 400 g/mol. The first-order valence-electron chi connectivity index (χ1n) is 11.1. The van der Waals surface area contributed by atoms with Gasteiger partial charge in [-0.1, -0.05) is 32.4 Å². The SMILES string of the molecule is COC(=O)O[C@]1(C(=O)CO)[C@H](C)C[C@H]2[C@@H]3CCC4=CC(=O)C=C[C@]4(C)[C@H]3C(O)C[C@@]21C. The lowest BCUT2D eigenvalue weighted by Gasteiger charge is -2.59. The summed E-state index contributed by atoms with van der Waals surface area (Å²) in [6.45, 7) is 5.12. The summed E-state index contributed by atoms with van der Waals surface area (Å²) in [4.78, 5) is 37.3. The molecule has 4 aliphatic rings. The average Bonchev–Trinajstić information content (AvgIpc) is 2.94. The van der Waals surface area contributed by atoms with E-state index in [1.54, 1.807) is 12.2 Å². The van der Waals surface area contributed by atoms with Crippen LogP contribution >= 0.6 is 0 Å². The van der Waals surface area contributed by atoms with Crippen molar-refractivity contribution in [1.29, 1.82) is 0 Å². The van der Waals surface area contributed by atoms with Crippen LogP contribution in [-0.2, 0) is 19.1 Å². The van der Waals surface area contributed by atoms with E-state index in [0.717, 1.165) is 18.4 Å². The number of carbonyl (C=O) groups excluding carboxylic acids is 3. The Morgan fingerprint density at radius 2 is 2.00 bits per heavy atom. The number of allylic oxidation sites excluding steroid dienone is 4. The molecule has 3 saturated carbocycles. The van der Waals surface area contributed by atoms with E-state index in [-0.39, 0.29) is 35.9 Å². The van der Waals surface area contributed by atoms with Crippen LogP contribution in [0.15, 0.2) is 23.8 Å². The molecule has 1 unspecified atom stereocenters. The van der Waals surface area contributed by atoms with Gasteiger partial charge in [0, 0.05) is 22.7 Å². The van der Waals surface area contributed by atoms with Crippen LogP contribution < -0.4 is 0 Å². The molecule has 0 amide bonds. The summed E-state index contributed by atoms with van der Waals surface area (Å²) in [6.07, 6.45) is 5.96. The van der Waals surface area contributed by atoms with Crippen LogP contribution in [0.1, 0.15) is 46.5 Å². The number of ketones is 2. The number of rotatable bonds is 3. The summed E-state index contributed by atoms with van der Waals surface area (Å²) in [5.41, 5.74) is -1.76. The van der Waals surface area contributed by atoms with Gasteiger partial charge in [-0.25, -0.2) is 4.79 Å². The molecule has 2 N–H and O–H groups in total. The van der Waals surface area contributed by atoms with Gasteiger partial charge in [-0.2, -0.15) is 0 Å². The minimum Gasteiger partial charge on any atom is -0.438 e. The maximum atomic E-state index is 13.1. The molecular formula is C24H32O7. The molecule has 7 nitrogen and oxygen atoms in total. The van der Waals surface area contributed by atoms with Gasteiger partial charge in [0.2, 0.25) is 5.78 Å². The van der Waals surface area contributed by atoms with Crippen molar-refractivity contribution >= 4 is 17.7 Å². The summed E-state index contributed by atoms with van der Waals surface area (Å²) in [5, 5.41) is 21.3. The third kappa shape index (κ3) is 2.82. The Morgan fingerprint density at radius 1 is 1.29 bits per heavy atom. The van der Waals surface area contributed by atoms with E-state index >= 15 is 0 Å². The Labute approximate surface area is 182 Å². The molecule has 0 heterocycles. The zero-order chi connectivity index (χ0) is 22.8. The molecule has 4 rings (SSSR count). The molecule has 0 bridgehead atoms. The summed E-state index contributed by atoms with van der Waals surface area (Å²) < 4.78 is 10.4. The first-order chi connectivity index (χ1) is 14.5. The second kappa shape index (κ2) is 7.27. The van der Waals surface area contributed by atoms with Gasteiger partial charge in [0.1, 0.15) is 6.61 Å². The number of hydrogen-bond acceptors (Lipinski definition) is 7. The van der Waals surface area contributed by atoms with Crippen LogP contribution in [0.3, 0.4) is 0 Å². The predicted molar refractivity (Wildman–Crippen MR) is 111 cm³/mol. The highest BCUT2D eigenvalue weighted by atomic mass is 16.7. The third-order valence-corrected chi connectivity index (χ3v) is 9.00. The van der Waals surface area contributed by atoms with E-state index in [9.17, 15) is 24.6 Å². The van der Waals surface area contributed by atoms with Crippen molar-refractivity contribution in [3.63, 3.8) is 0 Å². The van der Waals surface area contributed by atoms with Gasteiger partial charge in [0.25, 0.3) is 0 Å². The second-order valence-corrected chi connectivity index (χ2v) is 10.2. The van der Waals surface area contributed by atoms with Gasteiger partial charge in [0.15, 0.2) is 11.4 Å². The molecule has 0 radical (unpaired) electrons. The fraction of sp³-hybridized carbons (Fsp3) is 0.708. The predicted octanol–water partition coefficient (Wildman–Crippen LogP) is 2.59. The van der Waals surface area contributed by atoms with Crippen molar-refractivity contribution < 1.29 is 34.1 Å². The minimum absolute atomic E-state index is 0.0143. The van der Waals surface area contributed by atoms with Crippen LogP contribution in [0.2, 0.25) is 0 Å². The van der Waals surface area contributed by atoms with Gasteiger partial charge in [-0.3, -0.25) is 9.59 Å². The average molecular weight is 433 g/mol. The minimum atomic E-state index is -1.55. The van der Waals surface area contributed by atoms with E-state index in [2.05, 4.69) is 6.92 Å². The summed E-state index contributed by atoms with van der Waals surface area (Å²) in [5.74, 6) is -0.895. The van der Waals surface area contributed by atoms with Crippen molar-refractivity contribution in [3.8, 4) is 0 Å². The first-order valence-corrected chi connectivity index (χ1v) is 11.1. The lowest BCUT2D eigenvalue weighted by Crippen LogP contribution is -2.64. The standard InChI is InChI=1S/C24H32O7/c1-13-9-17-16-6-5-14-10-15(26)7-8-22(14,2)20(16)18(27)11-23(17,3)24(13,19(28)12-25)31-21(29)30-4/h7-8,10,13,16-18,20,25,27H,5-6,9,11-12H2,1-4H3/t13-,16+,17+,18?,20-,22+,23+,24+/m1/s1. The highest BCUT2D eigenvalue weighted by Gasteiger charge is 2.72. The molecule has 0 saturated heterocycles. The van der Waals surface area contributed by atoms with Crippen LogP contribution in [0.25, 0.3) is 0 Å². The van der Waals surface area contributed by atoms with Crippen LogP contribution in [0.5, 0.6) is 0 Å². The molecule has 8 atom stereocenters. The van der Waals surface area contributed by atoms with Crippen molar-refractivity contribution in [2.24, 2.45) is 34.5 Å². The summed E-state index contributed by atoms with van der Waals surface area (Å²) >= 11 is 0. The number of fused-ring (bicyclic) bond motifs is 5. The zero-order valence-corrected chi connectivity index (χ0v) is 18.6.